The standard InChI is InChI=1S/C20H19ClN6O2/c1-3-15(23-20(29)19-9-18(12(2)28)24-25-19)11-27-7-6-17(26-27)13-4-5-14(10-22)16(21)8-13/h3-9,12,15,28H,1,11H2,2H3,(H,23,29)(H,24,25)/t12?,15-/m0/s1. The van der Waals surface area contributed by atoms with E-state index in [1.807, 2.05) is 12.1 Å². The molecule has 148 valence electrons. The molecule has 8 nitrogen and oxygen atoms in total. The topological polar surface area (TPSA) is 120 Å². The first-order valence-electron chi connectivity index (χ1n) is 8.81. The monoisotopic (exact) mass is 410 g/mol. The van der Waals surface area contributed by atoms with E-state index in [9.17, 15) is 9.90 Å². The van der Waals surface area contributed by atoms with E-state index in [1.165, 1.54) is 6.07 Å². The number of hydrogen-bond donors (Lipinski definition) is 3. The molecule has 0 aliphatic rings. The van der Waals surface area contributed by atoms with Crippen LogP contribution in [-0.4, -0.2) is 37.0 Å². The van der Waals surface area contributed by atoms with Gasteiger partial charge in [-0.05, 0) is 31.2 Å². The molecule has 2 aromatic heterocycles. The average molecular weight is 411 g/mol. The van der Waals surface area contributed by atoms with E-state index >= 15 is 0 Å². The summed E-state index contributed by atoms with van der Waals surface area (Å²) in [5.74, 6) is -0.385. The van der Waals surface area contributed by atoms with Gasteiger partial charge in [-0.3, -0.25) is 14.6 Å². The molecule has 0 radical (unpaired) electrons. The van der Waals surface area contributed by atoms with Crippen molar-refractivity contribution in [3.63, 3.8) is 0 Å². The number of halogens is 1. The highest BCUT2D eigenvalue weighted by molar-refractivity contribution is 6.32. The van der Waals surface area contributed by atoms with Gasteiger partial charge in [-0.25, -0.2) is 0 Å². The predicted molar refractivity (Wildman–Crippen MR) is 108 cm³/mol. The molecular weight excluding hydrogens is 392 g/mol. The first-order valence-corrected chi connectivity index (χ1v) is 9.19. The lowest BCUT2D eigenvalue weighted by Crippen LogP contribution is -2.36. The van der Waals surface area contributed by atoms with Crippen LogP contribution >= 0.6 is 11.6 Å². The zero-order valence-electron chi connectivity index (χ0n) is 15.6. The van der Waals surface area contributed by atoms with Crippen LogP contribution in [-0.2, 0) is 6.54 Å². The number of aliphatic hydroxyl groups is 1. The Balaban J connectivity index is 1.68. The van der Waals surface area contributed by atoms with Crippen molar-refractivity contribution in [2.75, 3.05) is 0 Å². The first-order chi connectivity index (χ1) is 13.9. The summed E-state index contributed by atoms with van der Waals surface area (Å²) in [6, 6.07) is 10.1. The summed E-state index contributed by atoms with van der Waals surface area (Å²) in [6.07, 6.45) is 2.65. The minimum absolute atomic E-state index is 0.182. The summed E-state index contributed by atoms with van der Waals surface area (Å²) < 4.78 is 1.68. The minimum Gasteiger partial charge on any atom is -0.387 e. The van der Waals surface area contributed by atoms with E-state index in [2.05, 4.69) is 27.2 Å². The normalized spacial score (nSPS) is 12.8. The number of nitrogens with zero attached hydrogens (tertiary/aromatic N) is 4. The fourth-order valence-electron chi connectivity index (χ4n) is 2.67. The second-order valence-corrected chi connectivity index (χ2v) is 6.84. The summed E-state index contributed by atoms with van der Waals surface area (Å²) in [6.45, 7) is 5.71. The predicted octanol–water partition coefficient (Wildman–Crippen LogP) is 2.84. The van der Waals surface area contributed by atoms with E-state index in [-0.39, 0.29) is 17.6 Å². The van der Waals surface area contributed by atoms with Crippen molar-refractivity contribution in [1.82, 2.24) is 25.3 Å². The van der Waals surface area contributed by atoms with Crippen molar-refractivity contribution in [3.8, 4) is 17.3 Å². The van der Waals surface area contributed by atoms with Gasteiger partial charge in [0.1, 0.15) is 11.8 Å². The fourth-order valence-corrected chi connectivity index (χ4v) is 2.90. The molecule has 0 saturated carbocycles. The Morgan fingerprint density at radius 1 is 1.48 bits per heavy atom. The van der Waals surface area contributed by atoms with Crippen LogP contribution in [0.5, 0.6) is 0 Å². The smallest absolute Gasteiger partial charge is 0.272 e. The number of aliphatic hydroxyl groups excluding tert-OH is 1. The summed E-state index contributed by atoms with van der Waals surface area (Å²) in [5, 5.41) is 32.7. The molecule has 3 N–H and O–H groups in total. The Bertz CT molecular complexity index is 1080. The van der Waals surface area contributed by atoms with E-state index in [0.29, 0.717) is 28.5 Å². The molecule has 0 aliphatic heterocycles. The second kappa shape index (κ2) is 8.73. The highest BCUT2D eigenvalue weighted by Crippen LogP contribution is 2.24. The quantitative estimate of drug-likeness (QED) is 0.517. The van der Waals surface area contributed by atoms with Gasteiger partial charge >= 0.3 is 0 Å². The lowest BCUT2D eigenvalue weighted by atomic mass is 10.1. The number of carbonyl (C=O) groups is 1. The maximum atomic E-state index is 12.4. The van der Waals surface area contributed by atoms with Crippen molar-refractivity contribution in [3.05, 3.63) is 71.2 Å². The summed E-state index contributed by atoms with van der Waals surface area (Å²) in [7, 11) is 0. The molecule has 9 heteroatoms. The van der Waals surface area contributed by atoms with E-state index in [0.717, 1.165) is 5.56 Å². The van der Waals surface area contributed by atoms with Gasteiger partial charge in [-0.15, -0.1) is 6.58 Å². The van der Waals surface area contributed by atoms with Gasteiger partial charge in [0.25, 0.3) is 5.91 Å². The first kappa shape index (κ1) is 20.3. The van der Waals surface area contributed by atoms with Crippen molar-refractivity contribution in [2.24, 2.45) is 0 Å². The van der Waals surface area contributed by atoms with Gasteiger partial charge < -0.3 is 10.4 Å². The average Bonchev–Trinajstić information content (AvgIpc) is 3.37. The van der Waals surface area contributed by atoms with Gasteiger partial charge in [0.05, 0.1) is 40.7 Å². The number of carbonyl (C=O) groups excluding carboxylic acids is 1. The molecule has 3 aromatic rings. The molecule has 2 atom stereocenters. The molecule has 1 aromatic carbocycles. The maximum absolute atomic E-state index is 12.4. The van der Waals surface area contributed by atoms with Gasteiger partial charge in [-0.2, -0.15) is 15.5 Å². The molecule has 2 heterocycles. The van der Waals surface area contributed by atoms with Crippen LogP contribution in [0, 0.1) is 11.3 Å². The lowest BCUT2D eigenvalue weighted by Gasteiger charge is -2.14. The van der Waals surface area contributed by atoms with Gasteiger partial charge in [0.15, 0.2) is 0 Å². The second-order valence-electron chi connectivity index (χ2n) is 6.43. The Labute approximate surface area is 172 Å². The molecule has 0 bridgehead atoms. The highest BCUT2D eigenvalue weighted by Gasteiger charge is 2.16. The van der Waals surface area contributed by atoms with Crippen molar-refractivity contribution in [1.29, 1.82) is 5.26 Å². The fraction of sp³-hybridized carbons (Fsp3) is 0.200. The number of nitrogens with one attached hydrogen (secondary N) is 2. The Hall–Kier alpha value is -3.41. The summed E-state index contributed by atoms with van der Waals surface area (Å²) in [5.41, 5.74) is 2.53. The molecule has 3 rings (SSSR count). The number of hydrogen-bond acceptors (Lipinski definition) is 5. The van der Waals surface area contributed by atoms with Crippen molar-refractivity contribution in [2.45, 2.75) is 25.6 Å². The molecule has 1 unspecified atom stereocenters. The Morgan fingerprint density at radius 3 is 2.90 bits per heavy atom. The highest BCUT2D eigenvalue weighted by atomic mass is 35.5. The number of benzene rings is 1. The van der Waals surface area contributed by atoms with Crippen LogP contribution in [0.1, 0.15) is 34.8 Å². The van der Waals surface area contributed by atoms with Gasteiger partial charge in [0, 0.05) is 11.8 Å². The Morgan fingerprint density at radius 2 is 2.28 bits per heavy atom. The van der Waals surface area contributed by atoms with Crippen LogP contribution in [0.3, 0.4) is 0 Å². The maximum Gasteiger partial charge on any atom is 0.272 e. The number of H-pyrrole nitrogens is 1. The number of amides is 1. The van der Waals surface area contributed by atoms with Crippen LogP contribution in [0.15, 0.2) is 49.2 Å². The van der Waals surface area contributed by atoms with E-state index in [4.69, 9.17) is 16.9 Å². The minimum atomic E-state index is -0.738. The van der Waals surface area contributed by atoms with Crippen molar-refractivity contribution < 1.29 is 9.90 Å². The van der Waals surface area contributed by atoms with Crippen molar-refractivity contribution >= 4 is 17.5 Å². The van der Waals surface area contributed by atoms with Crippen LogP contribution in [0.25, 0.3) is 11.3 Å². The van der Waals surface area contributed by atoms with Crippen LogP contribution in [0.4, 0.5) is 0 Å². The zero-order chi connectivity index (χ0) is 21.0. The Kier molecular flexibility index (Phi) is 6.12. The molecule has 0 aliphatic carbocycles. The summed E-state index contributed by atoms with van der Waals surface area (Å²) >= 11 is 6.09. The van der Waals surface area contributed by atoms with E-state index < -0.39 is 6.10 Å². The molecule has 1 amide bonds. The number of aromatic nitrogens is 4. The zero-order valence-corrected chi connectivity index (χ0v) is 16.4. The lowest BCUT2D eigenvalue weighted by molar-refractivity contribution is 0.0936. The number of aromatic amines is 1. The third kappa shape index (κ3) is 4.71. The molecule has 0 saturated heterocycles. The number of nitriles is 1. The molecular formula is C20H19ClN6O2. The largest absolute Gasteiger partial charge is 0.387 e. The molecule has 0 fully saturated rings. The van der Waals surface area contributed by atoms with E-state index in [1.54, 1.807) is 42.1 Å². The summed E-state index contributed by atoms with van der Waals surface area (Å²) in [4.78, 5) is 12.4. The molecule has 29 heavy (non-hydrogen) atoms. The van der Waals surface area contributed by atoms with Crippen LogP contribution < -0.4 is 5.32 Å². The number of rotatable bonds is 7. The van der Waals surface area contributed by atoms with Gasteiger partial charge in [0.2, 0.25) is 0 Å². The SMILES string of the molecule is C=C[C@@H](Cn1ccc(-c2ccc(C#N)c(Cl)c2)n1)NC(=O)c1cc(C(C)O)[nH]n1. The third-order valence-corrected chi connectivity index (χ3v) is 4.60. The third-order valence-electron chi connectivity index (χ3n) is 4.29. The van der Waals surface area contributed by atoms with Crippen LogP contribution in [0.2, 0.25) is 5.02 Å². The van der Waals surface area contributed by atoms with Gasteiger partial charge in [-0.1, -0.05) is 23.7 Å². The molecule has 0 spiro atoms.